The maximum atomic E-state index is 0. The topological polar surface area (TPSA) is 0 Å². The molecule has 0 rings (SSSR count). The molecular formula is Cl2YZr+5. The monoisotopic (exact) mass is 249 g/mol. The molecule has 0 aliphatic carbocycles. The summed E-state index contributed by atoms with van der Waals surface area (Å²) in [5.41, 5.74) is 0. The number of hydrogen-bond acceptors (Lipinski definition) is 0. The van der Waals surface area contributed by atoms with Crippen molar-refractivity contribution < 1.29 is 83.7 Å². The summed E-state index contributed by atoms with van der Waals surface area (Å²) in [5, 5.41) is 0. The molecule has 0 unspecified atom stereocenters. The van der Waals surface area contributed by atoms with Crippen LogP contribution < -0.4 is 24.8 Å². The first kappa shape index (κ1) is 30.9. The fourth-order valence-electron chi connectivity index (χ4n) is 0. The Morgan fingerprint density at radius 1 is 0.750 bits per heavy atom. The molecule has 0 heterocycles. The zero-order chi connectivity index (χ0) is 0. The van der Waals surface area contributed by atoms with Crippen LogP contribution in [-0.2, 0) is 58.9 Å². The van der Waals surface area contributed by atoms with Crippen LogP contribution in [0.2, 0.25) is 0 Å². The molecule has 0 aliphatic rings. The number of hydrogen-bond donors (Lipinski definition) is 0. The predicted octanol–water partition coefficient (Wildman–Crippen LogP) is -6.00. The van der Waals surface area contributed by atoms with Crippen LogP contribution in [0.4, 0.5) is 0 Å². The van der Waals surface area contributed by atoms with Crippen molar-refractivity contribution >= 4 is 0 Å². The molecule has 0 atom stereocenters. The van der Waals surface area contributed by atoms with Gasteiger partial charge in [0.15, 0.2) is 0 Å². The van der Waals surface area contributed by atoms with Gasteiger partial charge in [0.25, 0.3) is 0 Å². The fraction of sp³-hybridized carbons (Fsp3) is 0. The van der Waals surface area contributed by atoms with Crippen molar-refractivity contribution in [1.29, 1.82) is 0 Å². The van der Waals surface area contributed by atoms with Gasteiger partial charge in [-0.3, -0.25) is 0 Å². The van der Waals surface area contributed by atoms with Crippen LogP contribution in [0.3, 0.4) is 0 Å². The Morgan fingerprint density at radius 3 is 0.750 bits per heavy atom. The number of halogens is 2. The molecule has 0 nitrogen and oxygen atoms in total. The van der Waals surface area contributed by atoms with E-state index in [1.807, 2.05) is 0 Å². The van der Waals surface area contributed by atoms with E-state index in [1.165, 1.54) is 0 Å². The third-order valence-corrected chi connectivity index (χ3v) is 0. The van der Waals surface area contributed by atoms with Crippen molar-refractivity contribution in [2.24, 2.45) is 0 Å². The Morgan fingerprint density at radius 2 is 0.750 bits per heavy atom. The summed E-state index contributed by atoms with van der Waals surface area (Å²) in [6, 6.07) is 0. The van der Waals surface area contributed by atoms with Crippen LogP contribution >= 0.6 is 0 Å². The standard InChI is InChI=1S/2ClH.Y.Zr/h2*1H;;/q;;+3;+4/p-2. The summed E-state index contributed by atoms with van der Waals surface area (Å²) < 4.78 is 0. The summed E-state index contributed by atoms with van der Waals surface area (Å²) >= 11 is 0. The SMILES string of the molecule is [Cl-].[Cl-].[Y+3].[Zr+4]. The average Bonchev–Trinajstić information content (AvgIpc) is 0. The molecule has 0 aliphatic heterocycles. The molecule has 0 spiro atoms. The van der Waals surface area contributed by atoms with Crippen molar-refractivity contribution in [2.75, 3.05) is 0 Å². The van der Waals surface area contributed by atoms with E-state index in [9.17, 15) is 0 Å². The maximum absolute atomic E-state index is 0. The Balaban J connectivity index is 0. The van der Waals surface area contributed by atoms with Crippen molar-refractivity contribution in [2.45, 2.75) is 0 Å². The molecule has 0 amide bonds. The molecule has 0 saturated carbocycles. The minimum Gasteiger partial charge on any atom is -1.00 e. The van der Waals surface area contributed by atoms with Gasteiger partial charge in [-0.05, 0) is 0 Å². The fourth-order valence-corrected chi connectivity index (χ4v) is 0. The van der Waals surface area contributed by atoms with Gasteiger partial charge in [-0.25, -0.2) is 0 Å². The van der Waals surface area contributed by atoms with Crippen molar-refractivity contribution in [3.63, 3.8) is 0 Å². The second-order valence-electron chi connectivity index (χ2n) is 0. The van der Waals surface area contributed by atoms with Crippen molar-refractivity contribution in [3.8, 4) is 0 Å². The first-order valence-electron chi connectivity index (χ1n) is 0. The minimum atomic E-state index is 0. The summed E-state index contributed by atoms with van der Waals surface area (Å²) in [6.07, 6.45) is 0. The molecule has 0 bridgehead atoms. The van der Waals surface area contributed by atoms with Crippen LogP contribution in [-0.4, -0.2) is 0 Å². The Hall–Kier alpha value is 2.57. The van der Waals surface area contributed by atoms with Gasteiger partial charge in [0.2, 0.25) is 0 Å². The third-order valence-electron chi connectivity index (χ3n) is 0. The molecule has 0 N–H and O–H groups in total. The minimum absolute atomic E-state index is 0. The van der Waals surface area contributed by atoms with Crippen LogP contribution in [0.1, 0.15) is 0 Å². The van der Waals surface area contributed by atoms with Gasteiger partial charge in [0.1, 0.15) is 0 Å². The van der Waals surface area contributed by atoms with Crippen LogP contribution in [0.5, 0.6) is 0 Å². The number of rotatable bonds is 0. The third kappa shape index (κ3) is 8.82. The van der Waals surface area contributed by atoms with Crippen LogP contribution in [0.15, 0.2) is 0 Å². The molecule has 0 aromatic rings. The Bertz CT molecular complexity index is 6.00. The van der Waals surface area contributed by atoms with Gasteiger partial charge in [0, 0.05) is 0 Å². The first-order valence-corrected chi connectivity index (χ1v) is 0. The molecule has 4 heteroatoms. The molecule has 0 aromatic carbocycles. The summed E-state index contributed by atoms with van der Waals surface area (Å²) in [7, 11) is 0. The second-order valence-corrected chi connectivity index (χ2v) is 0. The summed E-state index contributed by atoms with van der Waals surface area (Å²) in [6.45, 7) is 0. The van der Waals surface area contributed by atoms with Crippen molar-refractivity contribution in [1.82, 2.24) is 0 Å². The van der Waals surface area contributed by atoms with Gasteiger partial charge in [0.05, 0.1) is 0 Å². The van der Waals surface area contributed by atoms with Gasteiger partial charge < -0.3 is 24.8 Å². The molecule has 0 saturated heterocycles. The second kappa shape index (κ2) is 17.6. The predicted molar refractivity (Wildman–Crippen MR) is 0 cm³/mol. The zero-order valence-corrected chi connectivity index (χ0v) is 8.64. The molecule has 4 heavy (non-hydrogen) atoms. The molecule has 0 radical (unpaired) electrons. The Kier molecular flexibility index (Phi) is 136. The molecule has 0 aromatic heterocycles. The van der Waals surface area contributed by atoms with E-state index in [-0.39, 0.29) is 83.7 Å². The summed E-state index contributed by atoms with van der Waals surface area (Å²) in [4.78, 5) is 0. The van der Waals surface area contributed by atoms with E-state index in [4.69, 9.17) is 0 Å². The quantitative estimate of drug-likeness (QED) is 0.402. The average molecular weight is 251 g/mol. The van der Waals surface area contributed by atoms with Crippen molar-refractivity contribution in [3.05, 3.63) is 0 Å². The van der Waals surface area contributed by atoms with E-state index >= 15 is 0 Å². The van der Waals surface area contributed by atoms with E-state index in [0.717, 1.165) is 0 Å². The van der Waals surface area contributed by atoms with E-state index in [0.29, 0.717) is 0 Å². The van der Waals surface area contributed by atoms with E-state index in [1.54, 1.807) is 0 Å². The smallest absolute Gasteiger partial charge is 1.00 e. The summed E-state index contributed by atoms with van der Waals surface area (Å²) in [5.74, 6) is 0. The molecule has 0 fully saturated rings. The Labute approximate surface area is 82.3 Å². The van der Waals surface area contributed by atoms with Crippen LogP contribution in [0, 0.1) is 0 Å². The van der Waals surface area contributed by atoms with Crippen LogP contribution in [0.25, 0.3) is 0 Å². The van der Waals surface area contributed by atoms with E-state index in [2.05, 4.69) is 0 Å². The van der Waals surface area contributed by atoms with Gasteiger partial charge >= 0.3 is 58.9 Å². The molecule has 16 valence electrons. The van der Waals surface area contributed by atoms with Gasteiger partial charge in [-0.2, -0.15) is 0 Å². The van der Waals surface area contributed by atoms with E-state index < -0.39 is 0 Å². The largest absolute Gasteiger partial charge is 4.00 e. The maximum Gasteiger partial charge on any atom is 4.00 e. The van der Waals surface area contributed by atoms with Gasteiger partial charge in [-0.1, -0.05) is 0 Å². The normalized spacial score (nSPS) is 0. The zero-order valence-electron chi connectivity index (χ0n) is 1.83. The first-order chi connectivity index (χ1) is 0. The van der Waals surface area contributed by atoms with Gasteiger partial charge in [-0.15, -0.1) is 0 Å². The molecular weight excluding hydrogens is 251 g/mol.